The third-order valence-corrected chi connectivity index (χ3v) is 8.41. The van der Waals surface area contributed by atoms with Crippen molar-refractivity contribution in [1.29, 1.82) is 5.26 Å². The maximum absolute atomic E-state index is 11.4. The Labute approximate surface area is 239 Å². The molecule has 0 aliphatic heterocycles. The van der Waals surface area contributed by atoms with Gasteiger partial charge in [0.25, 0.3) is 0 Å². The Balaban J connectivity index is 1.26. The quantitative estimate of drug-likeness (QED) is 0.225. The number of ether oxygens (including phenoxy) is 1. The lowest BCUT2D eigenvalue weighted by Gasteiger charge is -2.14. The number of aromatic carboxylic acids is 1. The average molecular weight is 580 g/mol. The van der Waals surface area contributed by atoms with Crippen molar-refractivity contribution in [2.24, 2.45) is 0 Å². The number of carbonyl (C=O) groups is 1. The van der Waals surface area contributed by atoms with Gasteiger partial charge in [-0.25, -0.2) is 4.79 Å². The summed E-state index contributed by atoms with van der Waals surface area (Å²) >= 11 is 19.6. The molecular formula is C30H21Cl3N2O4. The predicted octanol–water partition coefficient (Wildman–Crippen LogP) is 8.41. The first kappa shape index (κ1) is 25.8. The molecule has 0 saturated heterocycles. The molecule has 2 unspecified atom stereocenters. The second-order valence-corrected chi connectivity index (χ2v) is 11.2. The number of hydrogen-bond acceptors (Lipinski definition) is 5. The maximum Gasteiger partial charge on any atom is 0.335 e. The van der Waals surface area contributed by atoms with E-state index in [1.807, 2.05) is 12.1 Å². The van der Waals surface area contributed by atoms with Gasteiger partial charge in [0.2, 0.25) is 0 Å². The van der Waals surface area contributed by atoms with Crippen molar-refractivity contribution in [2.75, 3.05) is 0 Å². The summed E-state index contributed by atoms with van der Waals surface area (Å²) in [6.45, 7) is 0.176. The molecule has 2 saturated carbocycles. The van der Waals surface area contributed by atoms with E-state index in [-0.39, 0.29) is 18.1 Å². The van der Waals surface area contributed by atoms with Gasteiger partial charge in [0.1, 0.15) is 23.8 Å². The van der Waals surface area contributed by atoms with Gasteiger partial charge in [-0.1, -0.05) is 64.2 Å². The van der Waals surface area contributed by atoms with Crippen LogP contribution in [0, 0.1) is 11.3 Å². The summed E-state index contributed by atoms with van der Waals surface area (Å²) in [6, 6.07) is 19.7. The van der Waals surface area contributed by atoms with Crippen LogP contribution < -0.4 is 4.74 Å². The molecule has 0 bridgehead atoms. The second kappa shape index (κ2) is 9.91. The molecule has 196 valence electrons. The number of benzene rings is 3. The monoisotopic (exact) mass is 578 g/mol. The van der Waals surface area contributed by atoms with Gasteiger partial charge in [0.15, 0.2) is 0 Å². The number of halogens is 3. The molecule has 6 rings (SSSR count). The summed E-state index contributed by atoms with van der Waals surface area (Å²) in [6.07, 6.45) is 2.59. The summed E-state index contributed by atoms with van der Waals surface area (Å²) in [5, 5.41) is 25.1. The van der Waals surface area contributed by atoms with Gasteiger partial charge in [-0.05, 0) is 66.8 Å². The van der Waals surface area contributed by atoms with Crippen molar-refractivity contribution in [2.45, 2.75) is 43.1 Å². The van der Waals surface area contributed by atoms with Crippen LogP contribution in [0.4, 0.5) is 0 Å². The van der Waals surface area contributed by atoms with Crippen LogP contribution in [0.1, 0.15) is 63.9 Å². The van der Waals surface area contributed by atoms with Crippen LogP contribution in [0.5, 0.6) is 5.75 Å². The highest BCUT2D eigenvalue weighted by Gasteiger charge is 2.58. The predicted molar refractivity (Wildman–Crippen MR) is 148 cm³/mol. The SMILES string of the molecule is N#CC1(c2ccc(OCc3c(-c4c(Cl)cccc4Cl)noc3C3CC3)cc2Cl)CC1c1cccc(C(=O)O)c1. The van der Waals surface area contributed by atoms with Crippen molar-refractivity contribution < 1.29 is 19.2 Å². The lowest BCUT2D eigenvalue weighted by atomic mass is 9.91. The molecule has 2 aliphatic carbocycles. The molecule has 2 aliphatic rings. The van der Waals surface area contributed by atoms with Gasteiger partial charge in [0.05, 0.1) is 32.7 Å². The van der Waals surface area contributed by atoms with Crippen molar-refractivity contribution >= 4 is 40.8 Å². The number of carboxylic acids is 1. The molecule has 9 heteroatoms. The van der Waals surface area contributed by atoms with Gasteiger partial charge >= 0.3 is 5.97 Å². The molecule has 2 atom stereocenters. The molecule has 0 spiro atoms. The first-order valence-electron chi connectivity index (χ1n) is 12.4. The van der Waals surface area contributed by atoms with Crippen LogP contribution in [0.2, 0.25) is 15.1 Å². The maximum atomic E-state index is 11.4. The smallest absolute Gasteiger partial charge is 0.335 e. The van der Waals surface area contributed by atoms with E-state index in [1.54, 1.807) is 42.5 Å². The molecule has 1 N–H and O–H groups in total. The molecular weight excluding hydrogens is 559 g/mol. The average Bonchev–Trinajstić information content (AvgIpc) is 3.85. The van der Waals surface area contributed by atoms with Crippen LogP contribution >= 0.6 is 34.8 Å². The molecule has 2 fully saturated rings. The molecule has 1 aromatic heterocycles. The molecule has 6 nitrogen and oxygen atoms in total. The Morgan fingerprint density at radius 1 is 1.08 bits per heavy atom. The molecule has 0 radical (unpaired) electrons. The fourth-order valence-corrected chi connectivity index (χ4v) is 6.10. The van der Waals surface area contributed by atoms with Crippen LogP contribution in [0.3, 0.4) is 0 Å². The van der Waals surface area contributed by atoms with E-state index < -0.39 is 11.4 Å². The number of rotatable bonds is 8. The van der Waals surface area contributed by atoms with Gasteiger partial charge in [-0.2, -0.15) is 5.26 Å². The zero-order valence-electron chi connectivity index (χ0n) is 20.5. The summed E-state index contributed by atoms with van der Waals surface area (Å²) in [7, 11) is 0. The number of nitriles is 1. The molecule has 4 aromatic rings. The minimum atomic E-state index is -1.00. The summed E-state index contributed by atoms with van der Waals surface area (Å²) in [5.41, 5.74) is 2.82. The first-order valence-corrected chi connectivity index (χ1v) is 13.6. The van der Waals surface area contributed by atoms with Crippen molar-refractivity contribution in [1.82, 2.24) is 5.16 Å². The van der Waals surface area contributed by atoms with E-state index in [1.165, 1.54) is 6.07 Å². The minimum absolute atomic E-state index is 0.146. The lowest BCUT2D eigenvalue weighted by molar-refractivity contribution is 0.0696. The van der Waals surface area contributed by atoms with E-state index >= 15 is 0 Å². The van der Waals surface area contributed by atoms with E-state index in [4.69, 9.17) is 44.1 Å². The Hall–Kier alpha value is -3.50. The van der Waals surface area contributed by atoms with Crippen LogP contribution in [-0.2, 0) is 12.0 Å². The van der Waals surface area contributed by atoms with E-state index in [2.05, 4.69) is 11.2 Å². The third kappa shape index (κ3) is 4.65. The minimum Gasteiger partial charge on any atom is -0.489 e. The fourth-order valence-electron chi connectivity index (χ4n) is 5.19. The van der Waals surface area contributed by atoms with Crippen LogP contribution in [0.15, 0.2) is 65.2 Å². The summed E-state index contributed by atoms with van der Waals surface area (Å²) in [4.78, 5) is 11.4. The Bertz CT molecular complexity index is 1640. The number of carboxylic acid groups (broad SMARTS) is 1. The third-order valence-electron chi connectivity index (χ3n) is 7.47. The standard InChI is InChI=1S/C30H21Cl3N2O4/c31-23-5-2-6-24(32)26(23)27-20(28(39-35-27)16-7-8-16)14-38-19-9-10-21(25(33)12-19)30(15-34)13-22(30)17-3-1-4-18(11-17)29(36)37/h1-6,9-12,16,22H,7-8,13-14H2,(H,36,37). The zero-order valence-corrected chi connectivity index (χ0v) is 22.7. The highest BCUT2D eigenvalue weighted by Crippen LogP contribution is 2.61. The van der Waals surface area contributed by atoms with Crippen LogP contribution in [0.25, 0.3) is 11.3 Å². The van der Waals surface area contributed by atoms with Gasteiger partial charge in [-0.3, -0.25) is 0 Å². The van der Waals surface area contributed by atoms with E-state index in [0.29, 0.717) is 50.0 Å². The van der Waals surface area contributed by atoms with Gasteiger partial charge in [-0.15, -0.1) is 0 Å². The number of nitrogens with zero attached hydrogens (tertiary/aromatic N) is 2. The topological polar surface area (TPSA) is 96.4 Å². The highest BCUT2D eigenvalue weighted by atomic mass is 35.5. The lowest BCUT2D eigenvalue weighted by Crippen LogP contribution is -2.08. The zero-order chi connectivity index (χ0) is 27.3. The highest BCUT2D eigenvalue weighted by molar-refractivity contribution is 6.39. The van der Waals surface area contributed by atoms with Crippen LogP contribution in [-0.4, -0.2) is 16.2 Å². The molecule has 1 heterocycles. The fraction of sp³-hybridized carbons (Fsp3) is 0.233. The Kier molecular flexibility index (Phi) is 6.55. The van der Waals surface area contributed by atoms with Crippen molar-refractivity contribution in [3.05, 3.63) is 104 Å². The largest absolute Gasteiger partial charge is 0.489 e. The first-order chi connectivity index (χ1) is 18.8. The normalized spacial score (nSPS) is 19.9. The number of hydrogen-bond donors (Lipinski definition) is 1. The van der Waals surface area contributed by atoms with Crippen molar-refractivity contribution in [3.8, 4) is 23.1 Å². The Morgan fingerprint density at radius 2 is 1.82 bits per heavy atom. The summed E-state index contributed by atoms with van der Waals surface area (Å²) < 4.78 is 11.9. The number of aromatic nitrogens is 1. The van der Waals surface area contributed by atoms with Gasteiger partial charge in [0, 0.05) is 22.4 Å². The van der Waals surface area contributed by atoms with E-state index in [0.717, 1.165) is 29.7 Å². The molecule has 0 amide bonds. The molecule has 39 heavy (non-hydrogen) atoms. The molecule has 3 aromatic carbocycles. The van der Waals surface area contributed by atoms with Crippen molar-refractivity contribution in [3.63, 3.8) is 0 Å². The summed E-state index contributed by atoms with van der Waals surface area (Å²) in [5.74, 6) is 0.445. The Morgan fingerprint density at radius 3 is 2.49 bits per heavy atom. The second-order valence-electron chi connectivity index (χ2n) is 9.95. The van der Waals surface area contributed by atoms with Gasteiger partial charge < -0.3 is 14.4 Å². The van der Waals surface area contributed by atoms with E-state index in [9.17, 15) is 15.2 Å².